The molecule has 0 spiro atoms. The van der Waals surface area contributed by atoms with Crippen LogP contribution in [0.5, 0.6) is 0 Å². The summed E-state index contributed by atoms with van der Waals surface area (Å²) in [5, 5.41) is 3.07. The van der Waals surface area contributed by atoms with Crippen LogP contribution in [0.3, 0.4) is 0 Å². The van der Waals surface area contributed by atoms with Gasteiger partial charge in [0.2, 0.25) is 0 Å². The van der Waals surface area contributed by atoms with Crippen LogP contribution in [0.4, 0.5) is 11.4 Å². The number of nitrogens with one attached hydrogen (secondary N) is 1. The maximum Gasteiger partial charge on any atom is 0.264 e. The Morgan fingerprint density at radius 2 is 1.70 bits per heavy atom. The van der Waals surface area contributed by atoms with Crippen molar-refractivity contribution in [3.8, 4) is 0 Å². The Kier molecular flexibility index (Phi) is 8.62. The third-order valence-corrected chi connectivity index (χ3v) is 8.75. The van der Waals surface area contributed by atoms with Gasteiger partial charge in [0.25, 0.3) is 11.8 Å². The van der Waals surface area contributed by atoms with E-state index in [1.54, 1.807) is 11.9 Å². The first kappa shape index (κ1) is 28.0. The van der Waals surface area contributed by atoms with Crippen molar-refractivity contribution >= 4 is 41.0 Å². The zero-order chi connectivity index (χ0) is 28.2. The molecule has 2 aliphatic heterocycles. The Labute approximate surface area is 242 Å². The molecule has 2 amide bonds. The Balaban J connectivity index is 1.11. The predicted octanol–water partition coefficient (Wildman–Crippen LogP) is 5.66. The molecule has 2 aliphatic rings. The second-order valence-corrected chi connectivity index (χ2v) is 11.9. The third kappa shape index (κ3) is 6.43. The molecule has 40 heavy (non-hydrogen) atoms. The molecule has 3 aromatic carbocycles. The highest BCUT2D eigenvalue weighted by atomic mass is 32.2. The second-order valence-electron chi connectivity index (χ2n) is 10.8. The van der Waals surface area contributed by atoms with Crippen molar-refractivity contribution in [1.82, 2.24) is 10.2 Å². The Hall–Kier alpha value is -3.55. The fourth-order valence-corrected chi connectivity index (χ4v) is 6.42. The highest BCUT2D eigenvalue weighted by molar-refractivity contribution is 8.04. The number of hydrogen-bond donors (Lipinski definition) is 1. The summed E-state index contributed by atoms with van der Waals surface area (Å²) in [5.41, 5.74) is 7.49. The lowest BCUT2D eigenvalue weighted by molar-refractivity contribution is -0.114. The lowest BCUT2D eigenvalue weighted by atomic mass is 10.1. The van der Waals surface area contributed by atoms with Gasteiger partial charge in [-0.25, -0.2) is 0 Å². The summed E-state index contributed by atoms with van der Waals surface area (Å²) in [6.07, 6.45) is 2.84. The van der Waals surface area contributed by atoms with Gasteiger partial charge in [-0.1, -0.05) is 53.7 Å². The number of thioether (sulfide) groups is 1. The number of piperazine rings is 1. The highest BCUT2D eigenvalue weighted by Gasteiger charge is 2.27. The number of benzene rings is 3. The summed E-state index contributed by atoms with van der Waals surface area (Å²) in [5.74, 6) is -0.163. The summed E-state index contributed by atoms with van der Waals surface area (Å²) < 4.78 is 0. The smallest absolute Gasteiger partial charge is 0.264 e. The first-order valence-corrected chi connectivity index (χ1v) is 14.8. The van der Waals surface area contributed by atoms with E-state index in [0.717, 1.165) is 60.9 Å². The van der Waals surface area contributed by atoms with Gasteiger partial charge >= 0.3 is 0 Å². The summed E-state index contributed by atoms with van der Waals surface area (Å²) >= 11 is 1.46. The fourth-order valence-electron chi connectivity index (χ4n) is 5.33. The Morgan fingerprint density at radius 1 is 0.925 bits per heavy atom. The standard InChI is InChI=1S/C33H38N4O2S/c1-23-7-5-8-26(19-23)21-31-33(39)35(4)29-22-27(11-12-30(29)40-31)32(38)34-13-6-14-36-15-17-37(18-16-36)28-20-24(2)9-10-25(28)3/h5,7-12,19-22H,6,13-18H2,1-4H3,(H,34,38). The van der Waals surface area contributed by atoms with Crippen LogP contribution in [0.1, 0.15) is 39.0 Å². The number of anilines is 2. The van der Waals surface area contributed by atoms with Gasteiger partial charge < -0.3 is 15.1 Å². The summed E-state index contributed by atoms with van der Waals surface area (Å²) in [7, 11) is 1.77. The molecule has 1 saturated heterocycles. The van der Waals surface area contributed by atoms with E-state index in [1.807, 2.05) is 49.4 Å². The third-order valence-electron chi connectivity index (χ3n) is 7.67. The molecule has 0 radical (unpaired) electrons. The maximum atomic E-state index is 13.1. The van der Waals surface area contributed by atoms with Crippen LogP contribution in [0.15, 0.2) is 70.5 Å². The fraction of sp³-hybridized carbons (Fsp3) is 0.333. The number of nitrogens with zero attached hydrogens (tertiary/aromatic N) is 3. The molecule has 0 atom stereocenters. The largest absolute Gasteiger partial charge is 0.369 e. The van der Waals surface area contributed by atoms with Crippen LogP contribution >= 0.6 is 11.8 Å². The number of aryl methyl sites for hydroxylation is 3. The first-order valence-electron chi connectivity index (χ1n) is 14.0. The number of amides is 2. The van der Waals surface area contributed by atoms with E-state index in [2.05, 4.69) is 53.2 Å². The molecule has 208 valence electrons. The molecule has 7 heteroatoms. The molecule has 3 aromatic rings. The number of rotatable bonds is 7. The van der Waals surface area contributed by atoms with Crippen molar-refractivity contribution in [2.75, 3.05) is 56.1 Å². The molecule has 5 rings (SSSR count). The molecular formula is C33H38N4O2S. The second kappa shape index (κ2) is 12.3. The Bertz CT molecular complexity index is 1440. The summed E-state index contributed by atoms with van der Waals surface area (Å²) in [6, 6.07) is 20.4. The van der Waals surface area contributed by atoms with Gasteiger partial charge in [0.1, 0.15) is 0 Å². The number of fused-ring (bicyclic) bond motifs is 1. The van der Waals surface area contributed by atoms with Gasteiger partial charge in [-0.2, -0.15) is 0 Å². The average molecular weight is 555 g/mol. The molecule has 0 aromatic heterocycles. The lowest BCUT2D eigenvalue weighted by Crippen LogP contribution is -2.47. The van der Waals surface area contributed by atoms with Gasteiger partial charge in [-0.3, -0.25) is 14.5 Å². The van der Waals surface area contributed by atoms with Crippen LogP contribution in [0.2, 0.25) is 0 Å². The van der Waals surface area contributed by atoms with Crippen LogP contribution in [-0.4, -0.2) is 63.0 Å². The van der Waals surface area contributed by atoms with E-state index in [4.69, 9.17) is 0 Å². The number of carbonyl (C=O) groups excluding carboxylic acids is 2. The van der Waals surface area contributed by atoms with E-state index in [0.29, 0.717) is 17.0 Å². The van der Waals surface area contributed by atoms with E-state index < -0.39 is 0 Å². The average Bonchev–Trinajstić information content (AvgIpc) is 2.95. The van der Waals surface area contributed by atoms with Crippen molar-refractivity contribution in [2.24, 2.45) is 0 Å². The van der Waals surface area contributed by atoms with Crippen LogP contribution < -0.4 is 15.1 Å². The number of hydrogen-bond acceptors (Lipinski definition) is 5. The normalized spacial score (nSPS) is 16.8. The van der Waals surface area contributed by atoms with Crippen molar-refractivity contribution in [1.29, 1.82) is 0 Å². The maximum absolute atomic E-state index is 13.1. The van der Waals surface area contributed by atoms with Crippen LogP contribution in [0, 0.1) is 20.8 Å². The zero-order valence-electron chi connectivity index (χ0n) is 23.9. The zero-order valence-corrected chi connectivity index (χ0v) is 24.7. The number of likely N-dealkylation sites (N-methyl/N-ethyl adjacent to an activating group) is 1. The molecular weight excluding hydrogens is 516 g/mol. The molecule has 0 bridgehead atoms. The summed E-state index contributed by atoms with van der Waals surface area (Å²) in [4.78, 5) is 34.2. The van der Waals surface area contributed by atoms with Crippen molar-refractivity contribution in [3.63, 3.8) is 0 Å². The van der Waals surface area contributed by atoms with Crippen LogP contribution in [0.25, 0.3) is 6.08 Å². The first-order chi connectivity index (χ1) is 19.3. The minimum Gasteiger partial charge on any atom is -0.369 e. The molecule has 2 heterocycles. The summed E-state index contributed by atoms with van der Waals surface area (Å²) in [6.45, 7) is 12.1. The molecule has 0 unspecified atom stereocenters. The quantitative estimate of drug-likeness (QED) is 0.302. The van der Waals surface area contributed by atoms with E-state index in [1.165, 1.54) is 28.6 Å². The van der Waals surface area contributed by atoms with E-state index in [-0.39, 0.29) is 11.8 Å². The topological polar surface area (TPSA) is 55.9 Å². The van der Waals surface area contributed by atoms with Gasteiger partial charge in [0, 0.05) is 55.9 Å². The molecule has 1 fully saturated rings. The molecule has 1 N–H and O–H groups in total. The van der Waals surface area contributed by atoms with Crippen molar-refractivity contribution in [3.05, 3.63) is 93.4 Å². The van der Waals surface area contributed by atoms with Gasteiger partial charge in [0.05, 0.1) is 10.6 Å². The van der Waals surface area contributed by atoms with Crippen molar-refractivity contribution < 1.29 is 9.59 Å². The number of carbonyl (C=O) groups is 2. The molecule has 0 aliphatic carbocycles. The van der Waals surface area contributed by atoms with Gasteiger partial charge in [-0.15, -0.1) is 0 Å². The Morgan fingerprint density at radius 3 is 2.48 bits per heavy atom. The molecule has 6 nitrogen and oxygen atoms in total. The van der Waals surface area contributed by atoms with Gasteiger partial charge in [0.15, 0.2) is 0 Å². The SMILES string of the molecule is Cc1cccc(C=C2Sc3ccc(C(=O)NCCCN4CCN(c5cc(C)ccc5C)CC4)cc3N(C)C2=O)c1. The predicted molar refractivity (Wildman–Crippen MR) is 166 cm³/mol. The minimum absolute atomic E-state index is 0.0609. The minimum atomic E-state index is -0.102. The monoisotopic (exact) mass is 554 g/mol. The highest BCUT2D eigenvalue weighted by Crippen LogP contribution is 2.42. The van der Waals surface area contributed by atoms with E-state index in [9.17, 15) is 9.59 Å². The van der Waals surface area contributed by atoms with Gasteiger partial charge in [-0.05, 0) is 80.8 Å². The van der Waals surface area contributed by atoms with E-state index >= 15 is 0 Å². The molecule has 0 saturated carbocycles. The lowest BCUT2D eigenvalue weighted by Gasteiger charge is -2.37. The van der Waals surface area contributed by atoms with Crippen molar-refractivity contribution in [2.45, 2.75) is 32.1 Å². The van der Waals surface area contributed by atoms with Crippen LogP contribution in [-0.2, 0) is 4.79 Å².